The lowest BCUT2D eigenvalue weighted by molar-refractivity contribution is -0.00517. The van der Waals surface area contributed by atoms with E-state index in [4.69, 9.17) is 16.3 Å². The normalized spacial score (nSPS) is 20.8. The van der Waals surface area contributed by atoms with E-state index in [1.54, 1.807) is 31.2 Å². The average molecular weight is 395 g/mol. The van der Waals surface area contributed by atoms with Crippen molar-refractivity contribution in [1.29, 1.82) is 0 Å². The zero-order valence-corrected chi connectivity index (χ0v) is 16.6. The standard InChI is InChI=1S/C19H23ClN2O3S/c1-13-11-22(12-14(2)25-13)18-9-5-4-8-17(18)21-26(23,24)19-10-6-7-16(20)15(19)3/h4-10,13-14,21H,11-12H2,1-3H3. The zero-order valence-electron chi connectivity index (χ0n) is 15.1. The van der Waals surface area contributed by atoms with Gasteiger partial charge < -0.3 is 9.64 Å². The Kier molecular flexibility index (Phi) is 5.46. The quantitative estimate of drug-likeness (QED) is 0.849. The van der Waals surface area contributed by atoms with Gasteiger partial charge in [0.1, 0.15) is 0 Å². The summed E-state index contributed by atoms with van der Waals surface area (Å²) in [6.07, 6.45) is 0.164. The Bertz CT molecular complexity index is 891. The van der Waals surface area contributed by atoms with Crippen LogP contribution in [0.15, 0.2) is 47.4 Å². The first-order valence-corrected chi connectivity index (χ1v) is 10.4. The molecule has 3 rings (SSSR count). The van der Waals surface area contributed by atoms with Crippen LogP contribution in [-0.2, 0) is 14.8 Å². The van der Waals surface area contributed by atoms with E-state index in [1.165, 1.54) is 0 Å². The molecule has 2 aromatic carbocycles. The first-order valence-electron chi connectivity index (χ1n) is 8.55. The van der Waals surface area contributed by atoms with Crippen LogP contribution in [0.2, 0.25) is 5.02 Å². The van der Waals surface area contributed by atoms with Crippen LogP contribution in [0.25, 0.3) is 0 Å². The van der Waals surface area contributed by atoms with Crippen molar-refractivity contribution in [3.63, 3.8) is 0 Å². The summed E-state index contributed by atoms with van der Waals surface area (Å²) in [5.74, 6) is 0. The van der Waals surface area contributed by atoms with Crippen LogP contribution in [0.1, 0.15) is 19.4 Å². The molecule has 1 saturated heterocycles. The molecule has 0 amide bonds. The fourth-order valence-corrected chi connectivity index (χ4v) is 4.86. The molecule has 0 aromatic heterocycles. The molecule has 7 heteroatoms. The maximum atomic E-state index is 12.9. The number of hydrogen-bond acceptors (Lipinski definition) is 4. The van der Waals surface area contributed by atoms with Gasteiger partial charge in [-0.3, -0.25) is 4.72 Å². The second-order valence-corrected chi connectivity index (χ2v) is 8.71. The number of sulfonamides is 1. The fourth-order valence-electron chi connectivity index (χ4n) is 3.29. The molecular formula is C19H23ClN2O3S. The van der Waals surface area contributed by atoms with E-state index in [9.17, 15) is 8.42 Å². The molecule has 2 atom stereocenters. The first kappa shape index (κ1) is 19.0. The van der Waals surface area contributed by atoms with Crippen molar-refractivity contribution in [3.05, 3.63) is 53.1 Å². The zero-order chi connectivity index (χ0) is 18.9. The number of para-hydroxylation sites is 2. The van der Waals surface area contributed by atoms with Gasteiger partial charge in [0.15, 0.2) is 0 Å². The van der Waals surface area contributed by atoms with Crippen LogP contribution >= 0.6 is 11.6 Å². The molecule has 26 heavy (non-hydrogen) atoms. The molecule has 0 radical (unpaired) electrons. The van der Waals surface area contributed by atoms with Crippen molar-refractivity contribution in [2.45, 2.75) is 37.9 Å². The molecule has 0 bridgehead atoms. The van der Waals surface area contributed by atoms with Crippen molar-refractivity contribution in [2.75, 3.05) is 22.7 Å². The maximum absolute atomic E-state index is 12.9. The Hall–Kier alpha value is -1.76. The van der Waals surface area contributed by atoms with Crippen molar-refractivity contribution < 1.29 is 13.2 Å². The summed E-state index contributed by atoms with van der Waals surface area (Å²) in [7, 11) is -3.75. The Balaban J connectivity index is 1.94. The molecule has 1 aliphatic rings. The number of hydrogen-bond donors (Lipinski definition) is 1. The first-order chi connectivity index (χ1) is 12.3. The minimum absolute atomic E-state index is 0.0820. The predicted molar refractivity (Wildman–Crippen MR) is 106 cm³/mol. The highest BCUT2D eigenvalue weighted by molar-refractivity contribution is 7.92. The topological polar surface area (TPSA) is 58.6 Å². The smallest absolute Gasteiger partial charge is 0.262 e. The Morgan fingerprint density at radius 3 is 2.42 bits per heavy atom. The summed E-state index contributed by atoms with van der Waals surface area (Å²) in [6, 6.07) is 12.3. The van der Waals surface area contributed by atoms with Gasteiger partial charge in [0, 0.05) is 18.1 Å². The van der Waals surface area contributed by atoms with Crippen molar-refractivity contribution in [1.82, 2.24) is 0 Å². The molecule has 0 saturated carbocycles. The van der Waals surface area contributed by atoms with Crippen LogP contribution in [0, 0.1) is 6.92 Å². The molecular weight excluding hydrogens is 372 g/mol. The highest BCUT2D eigenvalue weighted by atomic mass is 35.5. The van der Waals surface area contributed by atoms with E-state index in [0.717, 1.165) is 5.69 Å². The van der Waals surface area contributed by atoms with Gasteiger partial charge >= 0.3 is 0 Å². The highest BCUT2D eigenvalue weighted by Gasteiger charge is 2.26. The third-order valence-electron chi connectivity index (χ3n) is 4.42. The lowest BCUT2D eigenvalue weighted by Gasteiger charge is -2.37. The van der Waals surface area contributed by atoms with Gasteiger partial charge in [-0.15, -0.1) is 0 Å². The second kappa shape index (κ2) is 7.47. The molecule has 1 aliphatic heterocycles. The fraction of sp³-hybridized carbons (Fsp3) is 0.368. The number of benzene rings is 2. The number of nitrogens with one attached hydrogen (secondary N) is 1. The number of rotatable bonds is 4. The Morgan fingerprint density at radius 2 is 1.73 bits per heavy atom. The molecule has 140 valence electrons. The van der Waals surface area contributed by atoms with Gasteiger partial charge in [0.25, 0.3) is 10.0 Å². The monoisotopic (exact) mass is 394 g/mol. The van der Waals surface area contributed by atoms with Gasteiger partial charge in [-0.25, -0.2) is 8.42 Å². The number of ether oxygens (including phenoxy) is 1. The Labute approximate surface area is 160 Å². The van der Waals surface area contributed by atoms with E-state index >= 15 is 0 Å². The minimum atomic E-state index is -3.75. The summed E-state index contributed by atoms with van der Waals surface area (Å²) in [5, 5.41) is 0.428. The van der Waals surface area contributed by atoms with E-state index < -0.39 is 10.0 Å². The lowest BCUT2D eigenvalue weighted by Crippen LogP contribution is -2.45. The van der Waals surface area contributed by atoms with E-state index in [-0.39, 0.29) is 17.1 Å². The van der Waals surface area contributed by atoms with Gasteiger partial charge in [-0.2, -0.15) is 0 Å². The third-order valence-corrected chi connectivity index (χ3v) is 6.34. The molecule has 0 aliphatic carbocycles. The SMILES string of the molecule is Cc1c(Cl)cccc1S(=O)(=O)Nc1ccccc1N1CC(C)OC(C)C1. The summed E-state index contributed by atoms with van der Waals surface area (Å²) in [6.45, 7) is 7.15. The maximum Gasteiger partial charge on any atom is 0.262 e. The van der Waals surface area contributed by atoms with Crippen LogP contribution in [0.4, 0.5) is 11.4 Å². The van der Waals surface area contributed by atoms with Crippen molar-refractivity contribution in [3.8, 4) is 0 Å². The second-order valence-electron chi connectivity index (χ2n) is 6.65. The minimum Gasteiger partial charge on any atom is -0.372 e. The van der Waals surface area contributed by atoms with Crippen LogP contribution < -0.4 is 9.62 Å². The average Bonchev–Trinajstić information content (AvgIpc) is 2.56. The van der Waals surface area contributed by atoms with Gasteiger partial charge in [0.2, 0.25) is 0 Å². The molecule has 1 fully saturated rings. The van der Waals surface area contributed by atoms with Crippen molar-refractivity contribution >= 4 is 33.0 Å². The van der Waals surface area contributed by atoms with Crippen molar-refractivity contribution in [2.24, 2.45) is 0 Å². The molecule has 2 aromatic rings. The number of nitrogens with zero attached hydrogens (tertiary/aromatic N) is 1. The largest absolute Gasteiger partial charge is 0.372 e. The molecule has 0 spiro atoms. The van der Waals surface area contributed by atoms with Gasteiger partial charge in [-0.1, -0.05) is 29.8 Å². The van der Waals surface area contributed by atoms with E-state index in [0.29, 0.717) is 29.4 Å². The summed E-state index contributed by atoms with van der Waals surface area (Å²) < 4.78 is 34.4. The van der Waals surface area contributed by atoms with Gasteiger partial charge in [-0.05, 0) is 50.6 Å². The van der Waals surface area contributed by atoms with E-state index in [1.807, 2.05) is 32.0 Å². The molecule has 5 nitrogen and oxygen atoms in total. The van der Waals surface area contributed by atoms with Crippen LogP contribution in [0.3, 0.4) is 0 Å². The number of morpholine rings is 1. The molecule has 1 N–H and O–H groups in total. The van der Waals surface area contributed by atoms with Crippen LogP contribution in [-0.4, -0.2) is 33.7 Å². The highest BCUT2D eigenvalue weighted by Crippen LogP contribution is 2.31. The number of halogens is 1. The van der Waals surface area contributed by atoms with Crippen LogP contribution in [0.5, 0.6) is 0 Å². The number of anilines is 2. The van der Waals surface area contributed by atoms with Gasteiger partial charge in [0.05, 0.1) is 28.5 Å². The third kappa shape index (κ3) is 3.98. The summed E-state index contributed by atoms with van der Waals surface area (Å²) >= 11 is 6.09. The molecule has 2 unspecified atom stereocenters. The predicted octanol–water partition coefficient (Wildman–Crippen LogP) is 4.06. The molecule has 1 heterocycles. The lowest BCUT2D eigenvalue weighted by atomic mass is 10.2. The summed E-state index contributed by atoms with van der Waals surface area (Å²) in [4.78, 5) is 2.34. The summed E-state index contributed by atoms with van der Waals surface area (Å²) in [5.41, 5.74) is 1.93. The van der Waals surface area contributed by atoms with E-state index in [2.05, 4.69) is 9.62 Å². The Morgan fingerprint density at radius 1 is 1.08 bits per heavy atom.